The second kappa shape index (κ2) is 5.56. The van der Waals surface area contributed by atoms with Crippen molar-refractivity contribution in [1.82, 2.24) is 10.2 Å². The Kier molecular flexibility index (Phi) is 4.09. The molecule has 1 atom stereocenters. The number of nitrogens with one attached hydrogen (secondary N) is 2. The van der Waals surface area contributed by atoms with E-state index in [1.54, 1.807) is 11.3 Å². The summed E-state index contributed by atoms with van der Waals surface area (Å²) in [4.78, 5) is 1.35. The average molecular weight is 271 g/mol. The molecule has 86 valence electrons. The molecule has 6 heteroatoms. The van der Waals surface area contributed by atoms with Gasteiger partial charge in [-0.15, -0.1) is 16.4 Å². The Morgan fingerprint density at radius 3 is 3.06 bits per heavy atom. The lowest BCUT2D eigenvalue weighted by Gasteiger charge is -2.15. The molecule has 0 saturated carbocycles. The number of rotatable bonds is 5. The quantitative estimate of drug-likeness (QED) is 0.800. The van der Waals surface area contributed by atoms with E-state index < -0.39 is 0 Å². The summed E-state index contributed by atoms with van der Waals surface area (Å²) >= 11 is 8.27. The van der Waals surface area contributed by atoms with E-state index in [0.717, 1.165) is 18.0 Å². The molecule has 0 aliphatic carbocycles. The molecule has 1 unspecified atom stereocenters. The van der Waals surface area contributed by atoms with Crippen molar-refractivity contribution in [2.75, 3.05) is 5.32 Å². The van der Waals surface area contributed by atoms with Crippen molar-refractivity contribution in [3.05, 3.63) is 26.3 Å². The molecule has 2 heterocycles. The predicted octanol–water partition coefficient (Wildman–Crippen LogP) is 4.22. The van der Waals surface area contributed by atoms with Gasteiger partial charge in [0.15, 0.2) is 3.95 Å². The van der Waals surface area contributed by atoms with Gasteiger partial charge in [0.25, 0.3) is 0 Å². The van der Waals surface area contributed by atoms with Crippen molar-refractivity contribution in [2.24, 2.45) is 0 Å². The summed E-state index contributed by atoms with van der Waals surface area (Å²) in [6, 6.07) is 4.58. The number of hydrogen-bond donors (Lipinski definition) is 2. The van der Waals surface area contributed by atoms with Crippen molar-refractivity contribution >= 4 is 40.0 Å². The summed E-state index contributed by atoms with van der Waals surface area (Å²) < 4.78 is 0.712. The highest BCUT2D eigenvalue weighted by atomic mass is 32.1. The summed E-state index contributed by atoms with van der Waals surface area (Å²) in [6.45, 7) is 2.19. The lowest BCUT2D eigenvalue weighted by atomic mass is 10.1. The number of hydrogen-bond acceptors (Lipinski definition) is 5. The van der Waals surface area contributed by atoms with Crippen molar-refractivity contribution in [3.8, 4) is 0 Å². The maximum Gasteiger partial charge on any atom is 0.204 e. The monoisotopic (exact) mass is 271 g/mol. The molecular formula is C10H13N3S3. The highest BCUT2D eigenvalue weighted by Crippen LogP contribution is 2.27. The van der Waals surface area contributed by atoms with Crippen LogP contribution in [0.5, 0.6) is 0 Å². The van der Waals surface area contributed by atoms with Crippen molar-refractivity contribution in [3.63, 3.8) is 0 Å². The summed E-state index contributed by atoms with van der Waals surface area (Å²) in [6.07, 6.45) is 2.25. The first kappa shape index (κ1) is 11.8. The van der Waals surface area contributed by atoms with Gasteiger partial charge in [-0.1, -0.05) is 30.7 Å². The second-order valence-electron chi connectivity index (χ2n) is 3.42. The molecule has 0 fully saturated rings. The summed E-state index contributed by atoms with van der Waals surface area (Å²) in [5.74, 6) is 0. The van der Waals surface area contributed by atoms with Crippen LogP contribution >= 0.6 is 34.9 Å². The first-order valence-corrected chi connectivity index (χ1v) is 7.25. The second-order valence-corrected chi connectivity index (χ2v) is 6.06. The molecule has 2 aromatic heterocycles. The molecule has 0 bridgehead atoms. The first-order chi connectivity index (χ1) is 7.79. The van der Waals surface area contributed by atoms with Crippen LogP contribution in [0.25, 0.3) is 0 Å². The van der Waals surface area contributed by atoms with Crippen LogP contribution in [0.4, 0.5) is 5.13 Å². The molecule has 0 aliphatic heterocycles. The number of nitrogens with zero attached hydrogens (tertiary/aromatic N) is 1. The van der Waals surface area contributed by atoms with Gasteiger partial charge in [0.05, 0.1) is 6.04 Å². The molecule has 16 heavy (non-hydrogen) atoms. The molecule has 0 aliphatic rings. The first-order valence-electron chi connectivity index (χ1n) is 5.15. The summed E-state index contributed by atoms with van der Waals surface area (Å²) in [5, 5.41) is 13.3. The third-order valence-corrected chi connectivity index (χ3v) is 4.21. The number of H-pyrrole nitrogens is 1. The summed E-state index contributed by atoms with van der Waals surface area (Å²) in [5.41, 5.74) is 0. The molecule has 0 aromatic carbocycles. The number of aromatic amines is 1. The minimum atomic E-state index is 0.346. The zero-order chi connectivity index (χ0) is 11.4. The van der Waals surface area contributed by atoms with Crippen LogP contribution in [-0.4, -0.2) is 10.2 Å². The van der Waals surface area contributed by atoms with Crippen LogP contribution < -0.4 is 5.32 Å². The van der Waals surface area contributed by atoms with Gasteiger partial charge < -0.3 is 5.32 Å². The molecule has 2 N–H and O–H groups in total. The van der Waals surface area contributed by atoms with Crippen LogP contribution in [-0.2, 0) is 0 Å². The van der Waals surface area contributed by atoms with Crippen molar-refractivity contribution in [1.29, 1.82) is 0 Å². The Hall–Kier alpha value is -0.720. The van der Waals surface area contributed by atoms with Gasteiger partial charge in [0.2, 0.25) is 5.13 Å². The summed E-state index contributed by atoms with van der Waals surface area (Å²) in [7, 11) is 0. The van der Waals surface area contributed by atoms with Crippen molar-refractivity contribution in [2.45, 2.75) is 25.8 Å². The SMILES string of the molecule is CCCC(Nc1n[nH]c(=S)s1)c1cccs1. The van der Waals surface area contributed by atoms with E-state index in [2.05, 4.69) is 40.0 Å². The van der Waals surface area contributed by atoms with Gasteiger partial charge in [-0.2, -0.15) is 0 Å². The number of thiophene rings is 1. The van der Waals surface area contributed by atoms with Gasteiger partial charge in [-0.05, 0) is 30.1 Å². The maximum atomic E-state index is 5.01. The average Bonchev–Trinajstić information content (AvgIpc) is 2.88. The lowest BCUT2D eigenvalue weighted by molar-refractivity contribution is 0.685. The van der Waals surface area contributed by atoms with E-state index >= 15 is 0 Å². The molecule has 0 amide bonds. The Bertz CT molecular complexity index is 471. The van der Waals surface area contributed by atoms with E-state index in [4.69, 9.17) is 12.2 Å². The van der Waals surface area contributed by atoms with Gasteiger partial charge in [-0.3, -0.25) is 5.10 Å². The smallest absolute Gasteiger partial charge is 0.204 e. The zero-order valence-electron chi connectivity index (χ0n) is 8.90. The minimum absolute atomic E-state index is 0.346. The number of anilines is 1. The highest BCUT2D eigenvalue weighted by Gasteiger charge is 2.12. The molecule has 3 nitrogen and oxygen atoms in total. The molecular weight excluding hydrogens is 258 g/mol. The Morgan fingerprint density at radius 1 is 1.62 bits per heavy atom. The normalized spacial score (nSPS) is 12.6. The van der Waals surface area contributed by atoms with Crippen LogP contribution in [0.1, 0.15) is 30.7 Å². The van der Waals surface area contributed by atoms with Gasteiger partial charge in [0, 0.05) is 4.88 Å². The van der Waals surface area contributed by atoms with Gasteiger partial charge in [0.1, 0.15) is 0 Å². The Balaban J connectivity index is 2.11. The lowest BCUT2D eigenvalue weighted by Crippen LogP contribution is -2.08. The Morgan fingerprint density at radius 2 is 2.50 bits per heavy atom. The number of aromatic nitrogens is 2. The third kappa shape index (κ3) is 2.90. The molecule has 2 rings (SSSR count). The predicted molar refractivity (Wildman–Crippen MR) is 72.9 cm³/mol. The van der Waals surface area contributed by atoms with Gasteiger partial charge in [-0.25, -0.2) is 0 Å². The van der Waals surface area contributed by atoms with Crippen LogP contribution in [0.2, 0.25) is 0 Å². The topological polar surface area (TPSA) is 40.7 Å². The van der Waals surface area contributed by atoms with Crippen molar-refractivity contribution < 1.29 is 0 Å². The molecule has 0 spiro atoms. The van der Waals surface area contributed by atoms with Crippen LogP contribution in [0.3, 0.4) is 0 Å². The molecule has 0 radical (unpaired) electrons. The molecule has 0 saturated heterocycles. The standard InChI is InChI=1S/C10H13N3S3/c1-2-4-7(8-5-3-6-15-8)11-9-12-13-10(14)16-9/h3,5-7H,2,4H2,1H3,(H,11,12)(H,13,14). The fourth-order valence-corrected chi connectivity index (χ4v) is 3.16. The van der Waals surface area contributed by atoms with E-state index in [1.807, 2.05) is 0 Å². The van der Waals surface area contributed by atoms with Gasteiger partial charge >= 0.3 is 0 Å². The fraction of sp³-hybridized carbons (Fsp3) is 0.400. The van der Waals surface area contributed by atoms with E-state index in [9.17, 15) is 0 Å². The fourth-order valence-electron chi connectivity index (χ4n) is 1.50. The van der Waals surface area contributed by atoms with Crippen LogP contribution in [0, 0.1) is 3.95 Å². The largest absolute Gasteiger partial charge is 0.353 e. The van der Waals surface area contributed by atoms with Crippen LogP contribution in [0.15, 0.2) is 17.5 Å². The minimum Gasteiger partial charge on any atom is -0.353 e. The van der Waals surface area contributed by atoms with E-state index in [0.29, 0.717) is 10.00 Å². The Labute approximate surface area is 108 Å². The molecule has 2 aromatic rings. The third-order valence-electron chi connectivity index (χ3n) is 2.20. The zero-order valence-corrected chi connectivity index (χ0v) is 11.3. The maximum absolute atomic E-state index is 5.01. The highest BCUT2D eigenvalue weighted by molar-refractivity contribution is 7.73. The van der Waals surface area contributed by atoms with E-state index in [-0.39, 0.29) is 0 Å². The van der Waals surface area contributed by atoms with E-state index in [1.165, 1.54) is 16.2 Å².